The van der Waals surface area contributed by atoms with Gasteiger partial charge in [-0.25, -0.2) is 9.97 Å². The first-order chi connectivity index (χ1) is 13.7. The highest BCUT2D eigenvalue weighted by molar-refractivity contribution is 5.96. The number of aromatic nitrogens is 5. The van der Waals surface area contributed by atoms with Crippen LogP contribution in [0.4, 0.5) is 11.5 Å². The summed E-state index contributed by atoms with van der Waals surface area (Å²) in [5, 5.41) is 9.69. The number of hydrogen-bond donors (Lipinski definition) is 2. The van der Waals surface area contributed by atoms with Gasteiger partial charge in [-0.2, -0.15) is 5.10 Å². The molecule has 138 valence electrons. The van der Waals surface area contributed by atoms with Gasteiger partial charge in [0.15, 0.2) is 11.5 Å². The SMILES string of the molecule is COc1cccc(Nc2nc(-c3cccc4[nH]ccc34)nc3c2cnn3C)c1. The van der Waals surface area contributed by atoms with Crippen molar-refractivity contribution in [3.8, 4) is 17.1 Å². The molecule has 0 atom stereocenters. The minimum Gasteiger partial charge on any atom is -0.497 e. The Bertz CT molecular complexity index is 1300. The van der Waals surface area contributed by atoms with E-state index < -0.39 is 0 Å². The largest absolute Gasteiger partial charge is 0.497 e. The van der Waals surface area contributed by atoms with Crippen LogP contribution in [-0.2, 0) is 7.05 Å². The van der Waals surface area contributed by atoms with Crippen LogP contribution in [0.25, 0.3) is 33.3 Å². The zero-order valence-electron chi connectivity index (χ0n) is 15.5. The Labute approximate surface area is 161 Å². The summed E-state index contributed by atoms with van der Waals surface area (Å²) in [6.07, 6.45) is 3.70. The molecule has 28 heavy (non-hydrogen) atoms. The molecule has 0 saturated heterocycles. The second-order valence-corrected chi connectivity index (χ2v) is 6.50. The smallest absolute Gasteiger partial charge is 0.164 e. The summed E-state index contributed by atoms with van der Waals surface area (Å²) in [5.74, 6) is 2.12. The molecule has 7 heteroatoms. The fraction of sp³-hybridized carbons (Fsp3) is 0.0952. The predicted octanol–water partition coefficient (Wildman–Crippen LogP) is 4.26. The van der Waals surface area contributed by atoms with Crippen LogP contribution < -0.4 is 10.1 Å². The number of aryl methyl sites for hydroxylation is 1. The summed E-state index contributed by atoms with van der Waals surface area (Å²) in [7, 11) is 3.53. The molecule has 0 radical (unpaired) electrons. The maximum Gasteiger partial charge on any atom is 0.164 e. The molecule has 0 saturated carbocycles. The molecule has 0 spiro atoms. The Morgan fingerprint density at radius 3 is 2.82 bits per heavy atom. The van der Waals surface area contributed by atoms with Crippen LogP contribution in [-0.4, -0.2) is 31.8 Å². The minimum absolute atomic E-state index is 0.645. The van der Waals surface area contributed by atoms with Gasteiger partial charge in [-0.3, -0.25) is 4.68 Å². The number of H-pyrrole nitrogens is 1. The number of methoxy groups -OCH3 is 1. The lowest BCUT2D eigenvalue weighted by Gasteiger charge is -2.11. The summed E-state index contributed by atoms with van der Waals surface area (Å²) in [4.78, 5) is 12.9. The van der Waals surface area contributed by atoms with Crippen LogP contribution in [0.2, 0.25) is 0 Å². The van der Waals surface area contributed by atoms with Crippen molar-refractivity contribution < 1.29 is 4.74 Å². The van der Waals surface area contributed by atoms with Crippen molar-refractivity contribution in [1.82, 2.24) is 24.7 Å². The lowest BCUT2D eigenvalue weighted by Crippen LogP contribution is -2.01. The molecule has 0 aliphatic heterocycles. The van der Waals surface area contributed by atoms with Gasteiger partial charge in [-0.05, 0) is 24.3 Å². The van der Waals surface area contributed by atoms with Crippen LogP contribution >= 0.6 is 0 Å². The van der Waals surface area contributed by atoms with Crippen molar-refractivity contribution in [1.29, 1.82) is 0 Å². The molecule has 0 fully saturated rings. The number of aromatic amines is 1. The van der Waals surface area contributed by atoms with Crippen LogP contribution in [0.3, 0.4) is 0 Å². The van der Waals surface area contributed by atoms with Crippen molar-refractivity contribution in [3.63, 3.8) is 0 Å². The molecule has 7 nitrogen and oxygen atoms in total. The molecule has 0 bridgehead atoms. The first kappa shape index (κ1) is 16.3. The maximum atomic E-state index is 5.32. The number of nitrogens with one attached hydrogen (secondary N) is 2. The first-order valence-electron chi connectivity index (χ1n) is 8.90. The number of fused-ring (bicyclic) bond motifs is 2. The van der Waals surface area contributed by atoms with Crippen LogP contribution in [0.5, 0.6) is 5.75 Å². The van der Waals surface area contributed by atoms with E-state index in [1.807, 2.05) is 61.8 Å². The summed E-state index contributed by atoms with van der Waals surface area (Å²) in [6, 6.07) is 15.8. The van der Waals surface area contributed by atoms with Crippen molar-refractivity contribution in [2.75, 3.05) is 12.4 Å². The van der Waals surface area contributed by atoms with E-state index in [9.17, 15) is 0 Å². The number of anilines is 2. The molecule has 0 amide bonds. The summed E-state index contributed by atoms with van der Waals surface area (Å²) >= 11 is 0. The molecule has 2 N–H and O–H groups in total. The third-order valence-electron chi connectivity index (χ3n) is 4.76. The van der Waals surface area contributed by atoms with E-state index in [2.05, 4.69) is 15.4 Å². The van der Waals surface area contributed by atoms with Gasteiger partial charge >= 0.3 is 0 Å². The molecule has 2 aromatic carbocycles. The Kier molecular flexibility index (Phi) is 3.72. The second kappa shape index (κ2) is 6.38. The maximum absolute atomic E-state index is 5.32. The van der Waals surface area contributed by atoms with E-state index in [4.69, 9.17) is 14.7 Å². The zero-order chi connectivity index (χ0) is 19.1. The van der Waals surface area contributed by atoms with Crippen LogP contribution in [0, 0.1) is 0 Å². The molecule has 5 rings (SSSR count). The quantitative estimate of drug-likeness (QED) is 0.494. The van der Waals surface area contributed by atoms with Crippen molar-refractivity contribution >= 4 is 33.4 Å². The standard InChI is InChI=1S/C21H18N6O/c1-27-21-17(12-23-27)20(24-13-5-3-6-14(11-13)28-2)25-19(26-21)16-7-4-8-18-15(16)9-10-22-18/h3-12,22H,1-2H3,(H,24,25,26). The monoisotopic (exact) mass is 370 g/mol. The number of benzene rings is 2. The van der Waals surface area contributed by atoms with Crippen molar-refractivity contribution in [2.24, 2.45) is 7.05 Å². The fourth-order valence-electron chi connectivity index (χ4n) is 3.36. The molecule has 0 unspecified atom stereocenters. The average Bonchev–Trinajstić information content (AvgIpc) is 3.35. The molecule has 0 aliphatic rings. The Morgan fingerprint density at radius 1 is 1.04 bits per heavy atom. The van der Waals surface area contributed by atoms with E-state index in [1.165, 1.54) is 0 Å². The molecule has 5 aromatic rings. The van der Waals surface area contributed by atoms with E-state index >= 15 is 0 Å². The van der Waals surface area contributed by atoms with E-state index in [-0.39, 0.29) is 0 Å². The highest BCUT2D eigenvalue weighted by Crippen LogP contribution is 2.31. The minimum atomic E-state index is 0.645. The lowest BCUT2D eigenvalue weighted by molar-refractivity contribution is 0.415. The van der Waals surface area contributed by atoms with E-state index in [0.29, 0.717) is 11.6 Å². The van der Waals surface area contributed by atoms with Gasteiger partial charge in [0, 0.05) is 41.5 Å². The summed E-state index contributed by atoms with van der Waals surface area (Å²) in [6.45, 7) is 0. The average molecular weight is 370 g/mol. The highest BCUT2D eigenvalue weighted by atomic mass is 16.5. The molecule has 3 aromatic heterocycles. The van der Waals surface area contributed by atoms with Crippen LogP contribution in [0.15, 0.2) is 60.9 Å². The molecule has 3 heterocycles. The van der Waals surface area contributed by atoms with Crippen molar-refractivity contribution in [3.05, 3.63) is 60.9 Å². The van der Waals surface area contributed by atoms with Gasteiger partial charge in [-0.15, -0.1) is 0 Å². The first-order valence-corrected chi connectivity index (χ1v) is 8.90. The van der Waals surface area contributed by atoms with Crippen LogP contribution in [0.1, 0.15) is 0 Å². The van der Waals surface area contributed by atoms with Gasteiger partial charge < -0.3 is 15.0 Å². The third-order valence-corrected chi connectivity index (χ3v) is 4.76. The van der Waals surface area contributed by atoms with Gasteiger partial charge in [0.05, 0.1) is 18.7 Å². The number of nitrogens with zero attached hydrogens (tertiary/aromatic N) is 4. The lowest BCUT2D eigenvalue weighted by atomic mass is 10.1. The number of ether oxygens (including phenoxy) is 1. The Balaban J connectivity index is 1.69. The molecular formula is C21H18N6O. The molecule has 0 aliphatic carbocycles. The Hall–Kier alpha value is -3.87. The summed E-state index contributed by atoms with van der Waals surface area (Å²) < 4.78 is 7.08. The normalized spacial score (nSPS) is 11.2. The van der Waals surface area contributed by atoms with Gasteiger partial charge in [0.2, 0.25) is 0 Å². The highest BCUT2D eigenvalue weighted by Gasteiger charge is 2.15. The van der Waals surface area contributed by atoms with E-state index in [0.717, 1.165) is 38.9 Å². The fourth-order valence-corrected chi connectivity index (χ4v) is 3.36. The Morgan fingerprint density at radius 2 is 1.93 bits per heavy atom. The molecular weight excluding hydrogens is 352 g/mol. The zero-order valence-corrected chi connectivity index (χ0v) is 15.5. The third kappa shape index (κ3) is 2.64. The van der Waals surface area contributed by atoms with Gasteiger partial charge in [-0.1, -0.05) is 18.2 Å². The second-order valence-electron chi connectivity index (χ2n) is 6.50. The predicted molar refractivity (Wildman–Crippen MR) is 110 cm³/mol. The number of hydrogen-bond acceptors (Lipinski definition) is 5. The van der Waals surface area contributed by atoms with Gasteiger partial charge in [0.1, 0.15) is 11.6 Å². The van der Waals surface area contributed by atoms with Crippen molar-refractivity contribution in [2.45, 2.75) is 0 Å². The van der Waals surface area contributed by atoms with Gasteiger partial charge in [0.25, 0.3) is 0 Å². The number of rotatable bonds is 4. The summed E-state index contributed by atoms with van der Waals surface area (Å²) in [5.41, 5.74) is 3.67. The van der Waals surface area contributed by atoms with E-state index in [1.54, 1.807) is 18.0 Å². The topological polar surface area (TPSA) is 80.7 Å².